The lowest BCUT2D eigenvalue weighted by Crippen LogP contribution is -2.45. The molecular formula is C13H24N2O2. The van der Waals surface area contributed by atoms with Crippen LogP contribution in [0.25, 0.3) is 0 Å². The Labute approximate surface area is 104 Å². The first-order valence-corrected chi connectivity index (χ1v) is 6.92. The van der Waals surface area contributed by atoms with E-state index >= 15 is 0 Å². The molecule has 0 saturated carbocycles. The number of carbonyl (C=O) groups is 1. The molecule has 0 aromatic rings. The van der Waals surface area contributed by atoms with Gasteiger partial charge in [-0.05, 0) is 39.2 Å². The summed E-state index contributed by atoms with van der Waals surface area (Å²) in [6.45, 7) is 6.41. The van der Waals surface area contributed by atoms with Crippen molar-refractivity contribution in [3.8, 4) is 0 Å². The van der Waals surface area contributed by atoms with Crippen LogP contribution in [0.4, 0.5) is 0 Å². The van der Waals surface area contributed by atoms with Crippen LogP contribution in [-0.4, -0.2) is 49.7 Å². The van der Waals surface area contributed by atoms with E-state index in [1.165, 1.54) is 0 Å². The maximum absolute atomic E-state index is 12.3. The molecule has 1 unspecified atom stereocenters. The number of hydrogen-bond donors (Lipinski definition) is 1. The van der Waals surface area contributed by atoms with Gasteiger partial charge in [0, 0.05) is 26.2 Å². The number of piperidine rings is 1. The lowest BCUT2D eigenvalue weighted by molar-refractivity contribution is -0.137. The fourth-order valence-electron chi connectivity index (χ4n) is 2.73. The maximum atomic E-state index is 12.3. The molecule has 2 saturated heterocycles. The minimum absolute atomic E-state index is 0.185. The standard InChI is InChI=1S/C13H24N2O2/c1-2-15(10-12-6-4-8-17-12)13(16)11-5-3-7-14-9-11/h11-12,14H,2-10H2,1H3/t11-,12?/m0/s1. The van der Waals surface area contributed by atoms with Gasteiger partial charge in [0.15, 0.2) is 0 Å². The highest BCUT2D eigenvalue weighted by molar-refractivity contribution is 5.79. The molecule has 0 spiro atoms. The van der Waals surface area contributed by atoms with Gasteiger partial charge in [0.25, 0.3) is 0 Å². The van der Waals surface area contributed by atoms with E-state index in [0.29, 0.717) is 5.91 Å². The molecule has 4 nitrogen and oxygen atoms in total. The topological polar surface area (TPSA) is 41.6 Å². The molecule has 0 aliphatic carbocycles. The van der Waals surface area contributed by atoms with E-state index in [-0.39, 0.29) is 12.0 Å². The normalized spacial score (nSPS) is 29.2. The summed E-state index contributed by atoms with van der Waals surface area (Å²) in [7, 11) is 0. The summed E-state index contributed by atoms with van der Waals surface area (Å²) < 4.78 is 5.61. The highest BCUT2D eigenvalue weighted by atomic mass is 16.5. The van der Waals surface area contributed by atoms with E-state index in [0.717, 1.165) is 58.5 Å². The van der Waals surface area contributed by atoms with Crippen molar-refractivity contribution in [3.05, 3.63) is 0 Å². The van der Waals surface area contributed by atoms with Crippen molar-refractivity contribution in [1.82, 2.24) is 10.2 Å². The van der Waals surface area contributed by atoms with Crippen molar-refractivity contribution >= 4 is 5.91 Å². The summed E-state index contributed by atoms with van der Waals surface area (Å²) in [5.74, 6) is 0.500. The van der Waals surface area contributed by atoms with E-state index < -0.39 is 0 Å². The van der Waals surface area contributed by atoms with Crippen LogP contribution < -0.4 is 5.32 Å². The number of amides is 1. The average Bonchev–Trinajstić information content (AvgIpc) is 2.89. The minimum atomic E-state index is 0.185. The number of hydrogen-bond acceptors (Lipinski definition) is 3. The van der Waals surface area contributed by atoms with E-state index in [1.54, 1.807) is 0 Å². The Morgan fingerprint density at radius 3 is 2.88 bits per heavy atom. The van der Waals surface area contributed by atoms with Crippen LogP contribution in [0.3, 0.4) is 0 Å². The zero-order chi connectivity index (χ0) is 12.1. The second-order valence-corrected chi connectivity index (χ2v) is 5.06. The van der Waals surface area contributed by atoms with E-state index in [4.69, 9.17) is 4.74 Å². The molecule has 98 valence electrons. The molecule has 0 aromatic carbocycles. The first-order chi connectivity index (χ1) is 8.31. The van der Waals surface area contributed by atoms with Crippen LogP contribution in [0.15, 0.2) is 0 Å². The summed E-state index contributed by atoms with van der Waals surface area (Å²) in [4.78, 5) is 14.3. The van der Waals surface area contributed by atoms with Crippen molar-refractivity contribution in [2.24, 2.45) is 5.92 Å². The lowest BCUT2D eigenvalue weighted by atomic mass is 9.98. The van der Waals surface area contributed by atoms with E-state index in [1.807, 2.05) is 4.90 Å². The van der Waals surface area contributed by atoms with Crippen molar-refractivity contribution in [2.75, 3.05) is 32.8 Å². The molecule has 2 heterocycles. The van der Waals surface area contributed by atoms with Gasteiger partial charge >= 0.3 is 0 Å². The number of nitrogens with one attached hydrogen (secondary N) is 1. The SMILES string of the molecule is CCN(CC1CCCO1)C(=O)[C@H]1CCCNC1. The van der Waals surface area contributed by atoms with Crippen LogP contribution in [0.5, 0.6) is 0 Å². The van der Waals surface area contributed by atoms with Gasteiger partial charge in [0.05, 0.1) is 12.0 Å². The summed E-state index contributed by atoms with van der Waals surface area (Å²) >= 11 is 0. The Bertz CT molecular complexity index is 246. The molecule has 2 aliphatic rings. The molecule has 0 bridgehead atoms. The molecule has 2 rings (SSSR count). The molecule has 1 N–H and O–H groups in total. The quantitative estimate of drug-likeness (QED) is 0.797. The van der Waals surface area contributed by atoms with Crippen molar-refractivity contribution < 1.29 is 9.53 Å². The molecule has 2 fully saturated rings. The van der Waals surface area contributed by atoms with Crippen LogP contribution in [0.2, 0.25) is 0 Å². The van der Waals surface area contributed by atoms with Gasteiger partial charge in [-0.1, -0.05) is 0 Å². The summed E-state index contributed by atoms with van der Waals surface area (Å²) in [6, 6.07) is 0. The van der Waals surface area contributed by atoms with Crippen molar-refractivity contribution in [2.45, 2.75) is 38.7 Å². The molecule has 2 aliphatic heterocycles. The summed E-state index contributed by atoms with van der Waals surface area (Å²) in [5.41, 5.74) is 0. The Morgan fingerprint density at radius 2 is 2.29 bits per heavy atom. The van der Waals surface area contributed by atoms with Gasteiger partial charge in [-0.2, -0.15) is 0 Å². The Kier molecular flexibility index (Phi) is 4.80. The van der Waals surface area contributed by atoms with Gasteiger partial charge < -0.3 is 15.0 Å². The van der Waals surface area contributed by atoms with Gasteiger partial charge in [0.2, 0.25) is 5.91 Å². The third kappa shape index (κ3) is 3.42. The number of ether oxygens (including phenoxy) is 1. The predicted octanol–water partition coefficient (Wildman–Crippen LogP) is 1.01. The van der Waals surface area contributed by atoms with Gasteiger partial charge in [0.1, 0.15) is 0 Å². The zero-order valence-corrected chi connectivity index (χ0v) is 10.8. The molecule has 17 heavy (non-hydrogen) atoms. The largest absolute Gasteiger partial charge is 0.376 e. The van der Waals surface area contributed by atoms with Crippen LogP contribution in [0.1, 0.15) is 32.6 Å². The second-order valence-electron chi connectivity index (χ2n) is 5.06. The molecule has 0 aromatic heterocycles. The Morgan fingerprint density at radius 1 is 1.41 bits per heavy atom. The molecule has 1 amide bonds. The Hall–Kier alpha value is -0.610. The second kappa shape index (κ2) is 6.36. The fourth-order valence-corrected chi connectivity index (χ4v) is 2.73. The number of rotatable bonds is 4. The monoisotopic (exact) mass is 240 g/mol. The average molecular weight is 240 g/mol. The first-order valence-electron chi connectivity index (χ1n) is 6.92. The van der Waals surface area contributed by atoms with Crippen LogP contribution >= 0.6 is 0 Å². The summed E-state index contributed by atoms with van der Waals surface area (Å²) in [5, 5.41) is 3.31. The van der Waals surface area contributed by atoms with Crippen molar-refractivity contribution in [3.63, 3.8) is 0 Å². The first kappa shape index (κ1) is 12.8. The molecule has 4 heteroatoms. The van der Waals surface area contributed by atoms with E-state index in [2.05, 4.69) is 12.2 Å². The van der Waals surface area contributed by atoms with Gasteiger partial charge in [-0.25, -0.2) is 0 Å². The van der Waals surface area contributed by atoms with E-state index in [9.17, 15) is 4.79 Å². The zero-order valence-electron chi connectivity index (χ0n) is 10.8. The fraction of sp³-hybridized carbons (Fsp3) is 0.923. The van der Waals surface area contributed by atoms with Crippen LogP contribution in [-0.2, 0) is 9.53 Å². The minimum Gasteiger partial charge on any atom is -0.376 e. The number of likely N-dealkylation sites (N-methyl/N-ethyl adjacent to an activating group) is 1. The highest BCUT2D eigenvalue weighted by Crippen LogP contribution is 2.17. The number of nitrogens with zero attached hydrogens (tertiary/aromatic N) is 1. The molecular weight excluding hydrogens is 216 g/mol. The third-order valence-electron chi connectivity index (χ3n) is 3.79. The van der Waals surface area contributed by atoms with Gasteiger partial charge in [-0.3, -0.25) is 4.79 Å². The summed E-state index contributed by atoms with van der Waals surface area (Å²) in [6.07, 6.45) is 4.67. The smallest absolute Gasteiger partial charge is 0.227 e. The lowest BCUT2D eigenvalue weighted by Gasteiger charge is -2.30. The van der Waals surface area contributed by atoms with Crippen LogP contribution in [0, 0.1) is 5.92 Å². The maximum Gasteiger partial charge on any atom is 0.227 e. The molecule has 0 radical (unpaired) electrons. The number of carbonyl (C=O) groups excluding carboxylic acids is 1. The van der Waals surface area contributed by atoms with Gasteiger partial charge in [-0.15, -0.1) is 0 Å². The molecule has 2 atom stereocenters. The van der Waals surface area contributed by atoms with Crippen molar-refractivity contribution in [1.29, 1.82) is 0 Å². The predicted molar refractivity (Wildman–Crippen MR) is 66.8 cm³/mol. The Balaban J connectivity index is 1.84. The third-order valence-corrected chi connectivity index (χ3v) is 3.79. The highest BCUT2D eigenvalue weighted by Gasteiger charge is 2.27.